The fourth-order valence-corrected chi connectivity index (χ4v) is 16.1. The van der Waals surface area contributed by atoms with E-state index in [1.165, 1.54) is 20.8 Å². The first-order valence-corrected chi connectivity index (χ1v) is 23.2. The quantitative estimate of drug-likeness (QED) is 0.119. The summed E-state index contributed by atoms with van der Waals surface area (Å²) in [7, 11) is -3.54. The zero-order valence-corrected chi connectivity index (χ0v) is 38.2. The van der Waals surface area contributed by atoms with E-state index in [2.05, 4.69) is 20.8 Å². The highest BCUT2D eigenvalue weighted by molar-refractivity contribution is 6.99. The van der Waals surface area contributed by atoms with Crippen LogP contribution >= 0.6 is 0 Å². The molecule has 1 aliphatic heterocycles. The van der Waals surface area contributed by atoms with Crippen molar-refractivity contribution in [3.63, 3.8) is 0 Å². The minimum Gasteiger partial charge on any atom is -0.458 e. The van der Waals surface area contributed by atoms with Crippen LogP contribution in [-0.4, -0.2) is 91.4 Å². The number of hydrogen-bond donors (Lipinski definition) is 1. The van der Waals surface area contributed by atoms with Gasteiger partial charge in [-0.15, -0.1) is 0 Å². The van der Waals surface area contributed by atoms with Gasteiger partial charge in [0.1, 0.15) is 23.9 Å². The second-order valence-electron chi connectivity index (χ2n) is 19.1. The normalized spacial score (nSPS) is 31.5. The number of esters is 4. The topological polar surface area (TPSA) is 161 Å². The van der Waals surface area contributed by atoms with Crippen LogP contribution < -0.4 is 10.4 Å². The Morgan fingerprint density at radius 3 is 1.77 bits per heavy atom. The molecule has 9 atom stereocenters. The highest BCUT2D eigenvalue weighted by Crippen LogP contribution is 2.65. The van der Waals surface area contributed by atoms with Crippen LogP contribution in [0.4, 0.5) is 0 Å². The van der Waals surface area contributed by atoms with Crippen LogP contribution in [0.1, 0.15) is 92.4 Å². The zero-order chi connectivity index (χ0) is 45.2. The van der Waals surface area contributed by atoms with Crippen molar-refractivity contribution in [1.29, 1.82) is 0 Å². The minimum atomic E-state index is -3.54. The number of ketones is 1. The van der Waals surface area contributed by atoms with E-state index in [1.807, 2.05) is 60.7 Å². The van der Waals surface area contributed by atoms with Gasteiger partial charge in [0.2, 0.25) is 0 Å². The number of rotatable bonds is 9. The summed E-state index contributed by atoms with van der Waals surface area (Å²) in [4.78, 5) is 70.6. The highest BCUT2D eigenvalue weighted by atomic mass is 28.4. The molecule has 2 saturated carbocycles. The van der Waals surface area contributed by atoms with Gasteiger partial charge in [-0.2, -0.15) is 0 Å². The highest BCUT2D eigenvalue weighted by Gasteiger charge is 2.79. The summed E-state index contributed by atoms with van der Waals surface area (Å²) in [6, 6.07) is 28.0. The van der Waals surface area contributed by atoms with Gasteiger partial charge in [0.15, 0.2) is 17.5 Å². The lowest BCUT2D eigenvalue weighted by Gasteiger charge is -2.68. The summed E-state index contributed by atoms with van der Waals surface area (Å²) in [5.41, 5.74) is -6.46. The molecular formula is C49H58O12Si. The Balaban J connectivity index is 1.60. The van der Waals surface area contributed by atoms with Gasteiger partial charge in [-0.25, -0.2) is 4.79 Å². The van der Waals surface area contributed by atoms with Gasteiger partial charge in [-0.3, -0.25) is 19.2 Å². The molecule has 1 heterocycles. The first kappa shape index (κ1) is 45.1. The number of carbonyl (C=O) groups is 5. The van der Waals surface area contributed by atoms with Crippen molar-refractivity contribution in [2.75, 3.05) is 6.61 Å². The van der Waals surface area contributed by atoms with Crippen molar-refractivity contribution >= 4 is 48.4 Å². The average Bonchev–Trinajstić information content (AvgIpc) is 3.20. The second-order valence-corrected chi connectivity index (χ2v) is 23.4. The summed E-state index contributed by atoms with van der Waals surface area (Å²) < 4.78 is 39.4. The third-order valence-corrected chi connectivity index (χ3v) is 19.2. The van der Waals surface area contributed by atoms with Crippen molar-refractivity contribution < 1.29 is 57.2 Å². The molecule has 3 aromatic carbocycles. The van der Waals surface area contributed by atoms with E-state index < -0.39 is 101 Å². The van der Waals surface area contributed by atoms with Gasteiger partial charge in [0.05, 0.1) is 29.6 Å². The van der Waals surface area contributed by atoms with Crippen LogP contribution in [0, 0.1) is 16.7 Å². The van der Waals surface area contributed by atoms with Gasteiger partial charge in [-0.05, 0) is 52.5 Å². The molecular weight excluding hydrogens is 809 g/mol. The van der Waals surface area contributed by atoms with Gasteiger partial charge in [-0.1, -0.05) is 113 Å². The lowest BCUT2D eigenvalue weighted by molar-refractivity contribution is -0.344. The molecule has 1 saturated heterocycles. The molecule has 0 amide bonds. The Hall–Kier alpha value is -4.95. The van der Waals surface area contributed by atoms with Crippen LogP contribution in [0.15, 0.2) is 102 Å². The lowest BCUT2D eigenvalue weighted by Crippen LogP contribution is -2.83. The molecule has 12 nitrogen and oxygen atoms in total. The molecule has 0 radical (unpaired) electrons. The number of fused-ring (bicyclic) bond motifs is 5. The van der Waals surface area contributed by atoms with Crippen molar-refractivity contribution in [2.45, 2.75) is 129 Å². The maximum atomic E-state index is 16.5. The molecule has 0 aromatic heterocycles. The molecule has 330 valence electrons. The molecule has 1 N–H and O–H groups in total. The standard InChI is InChI=1S/C49H58O12Si/c1-29-36(57-30(2)50)27-49(55)43(59-44(54)33-20-14-11-15-21-33)41-47(10,42(53)40(58-31(3)51)39(29)46(49,8)9)37(26-38-48(41,28-56-38)60-32(4)52)61-62(45(5,6)7,34-22-16-12-17-23-34)35-24-18-13-19-25-35/h11-25,36-38,40-41,43,55H,26-28H2,1-10H3/t36-,37-,38+,40+,41-,43-,47+,48-,49+/m0/s1. The molecule has 0 unspecified atom stereocenters. The molecule has 7 rings (SSSR count). The predicted molar refractivity (Wildman–Crippen MR) is 231 cm³/mol. The maximum absolute atomic E-state index is 16.5. The number of ether oxygens (including phenoxy) is 5. The number of aliphatic hydroxyl groups is 1. The molecule has 13 heteroatoms. The first-order valence-electron chi connectivity index (χ1n) is 21.2. The van der Waals surface area contributed by atoms with E-state index in [-0.39, 0.29) is 30.6 Å². The van der Waals surface area contributed by atoms with Crippen LogP contribution in [0.3, 0.4) is 0 Å². The molecule has 4 aliphatic rings. The molecule has 3 fully saturated rings. The fourth-order valence-electron chi connectivity index (χ4n) is 11.3. The number of benzene rings is 3. The Bertz CT molecular complexity index is 2230. The van der Waals surface area contributed by atoms with E-state index >= 15 is 4.79 Å². The largest absolute Gasteiger partial charge is 0.458 e. The molecule has 0 spiro atoms. The third kappa shape index (κ3) is 6.96. The van der Waals surface area contributed by atoms with Crippen molar-refractivity contribution in [3.8, 4) is 0 Å². The smallest absolute Gasteiger partial charge is 0.338 e. The van der Waals surface area contributed by atoms with Crippen molar-refractivity contribution in [1.82, 2.24) is 0 Å². The average molecular weight is 867 g/mol. The number of hydrogen-bond acceptors (Lipinski definition) is 12. The van der Waals surface area contributed by atoms with E-state index in [4.69, 9.17) is 28.1 Å². The van der Waals surface area contributed by atoms with Gasteiger partial charge >= 0.3 is 23.9 Å². The molecule has 62 heavy (non-hydrogen) atoms. The zero-order valence-electron chi connectivity index (χ0n) is 37.2. The second kappa shape index (κ2) is 16.0. The Labute approximate surface area is 364 Å². The summed E-state index contributed by atoms with van der Waals surface area (Å²) >= 11 is 0. The van der Waals surface area contributed by atoms with Crippen molar-refractivity contribution in [2.24, 2.45) is 16.7 Å². The van der Waals surface area contributed by atoms with E-state index in [0.29, 0.717) is 5.57 Å². The molecule has 3 aliphatic carbocycles. The molecule has 3 aromatic rings. The maximum Gasteiger partial charge on any atom is 0.338 e. The van der Waals surface area contributed by atoms with Crippen molar-refractivity contribution in [3.05, 3.63) is 108 Å². The fraction of sp³-hybridized carbons (Fsp3) is 0.490. The monoisotopic (exact) mass is 866 g/mol. The Morgan fingerprint density at radius 1 is 0.774 bits per heavy atom. The third-order valence-electron chi connectivity index (χ3n) is 14.2. The summed E-state index contributed by atoms with van der Waals surface area (Å²) in [5, 5.41) is 15.2. The lowest BCUT2D eigenvalue weighted by atomic mass is 9.44. The van der Waals surface area contributed by atoms with Crippen LogP contribution in [0.5, 0.6) is 0 Å². The first-order chi connectivity index (χ1) is 29.1. The van der Waals surface area contributed by atoms with Crippen LogP contribution in [0.2, 0.25) is 5.04 Å². The van der Waals surface area contributed by atoms with E-state index in [1.54, 1.807) is 58.0 Å². The molecule has 2 bridgehead atoms. The van der Waals surface area contributed by atoms with Crippen LogP contribution in [-0.2, 0) is 47.3 Å². The van der Waals surface area contributed by atoms with E-state index in [0.717, 1.165) is 10.4 Å². The summed E-state index contributed by atoms with van der Waals surface area (Å²) in [6.45, 7) is 16.6. The number of carbonyl (C=O) groups excluding carboxylic acids is 5. The summed E-state index contributed by atoms with van der Waals surface area (Å²) in [6.07, 6.45) is -6.69. The Morgan fingerprint density at radius 2 is 1.31 bits per heavy atom. The van der Waals surface area contributed by atoms with E-state index in [9.17, 15) is 24.3 Å². The van der Waals surface area contributed by atoms with Crippen LogP contribution in [0.25, 0.3) is 0 Å². The van der Waals surface area contributed by atoms with Gasteiger partial charge < -0.3 is 33.2 Å². The minimum absolute atomic E-state index is 0.0403. The SMILES string of the molecule is CC(=O)O[C@H]1C(=O)[C@]2(C)[C@@H](O[Si](c3ccccc3)(c3ccccc3)C(C)(C)C)C[C@H]3OC[C@@]3(OC(C)=O)[C@H]2[C@H](OC(=O)c2ccccc2)[C@]2(O)C[C@H](OC(C)=O)C(C)=C1C2(C)C. The Kier molecular flexibility index (Phi) is 11.6. The predicted octanol–water partition coefficient (Wildman–Crippen LogP) is 5.81. The summed E-state index contributed by atoms with van der Waals surface area (Å²) in [5.74, 6) is -4.94. The van der Waals surface area contributed by atoms with Gasteiger partial charge in [0, 0.05) is 39.0 Å². The number of Topliss-reactive ketones (excluding diaryl/α,β-unsaturated/α-hetero) is 1. The van der Waals surface area contributed by atoms with Gasteiger partial charge in [0.25, 0.3) is 8.32 Å².